The maximum Gasteiger partial charge on any atom is 0.335 e. The van der Waals surface area contributed by atoms with E-state index in [-0.39, 0.29) is 17.1 Å². The van der Waals surface area contributed by atoms with Crippen LogP contribution >= 0.6 is 11.6 Å². The monoisotopic (exact) mass is 358 g/mol. The van der Waals surface area contributed by atoms with Gasteiger partial charge in [0.1, 0.15) is 5.58 Å². The number of aromatic carboxylic acids is 1. The predicted molar refractivity (Wildman–Crippen MR) is 93.4 cm³/mol. The average Bonchev–Trinajstić information content (AvgIpc) is 3.05. The largest absolute Gasteiger partial charge is 0.478 e. The van der Waals surface area contributed by atoms with Gasteiger partial charge in [0, 0.05) is 16.8 Å². The number of hydrogen-bond donors (Lipinski definition) is 1. The number of benzene rings is 2. The van der Waals surface area contributed by atoms with Crippen molar-refractivity contribution in [2.75, 3.05) is 12.5 Å². The summed E-state index contributed by atoms with van der Waals surface area (Å²) in [5.74, 6) is -0.681. The summed E-state index contributed by atoms with van der Waals surface area (Å²) in [6.07, 6.45) is 0. The maximum absolute atomic E-state index is 12.5. The number of halogens is 1. The summed E-state index contributed by atoms with van der Waals surface area (Å²) < 4.78 is 10.9. The molecule has 0 unspecified atom stereocenters. The highest BCUT2D eigenvalue weighted by molar-refractivity contribution is 6.18. The van der Waals surface area contributed by atoms with Crippen LogP contribution in [0.25, 0.3) is 11.0 Å². The van der Waals surface area contributed by atoms with Crippen molar-refractivity contribution in [3.63, 3.8) is 0 Å². The van der Waals surface area contributed by atoms with Crippen LogP contribution in [0.1, 0.15) is 32.0 Å². The molecule has 0 spiro atoms. The fourth-order valence-corrected chi connectivity index (χ4v) is 2.54. The van der Waals surface area contributed by atoms with E-state index in [1.165, 1.54) is 12.1 Å². The summed E-state index contributed by atoms with van der Waals surface area (Å²) in [6, 6.07) is 13.1. The molecule has 5 nitrogen and oxygen atoms in total. The van der Waals surface area contributed by atoms with Gasteiger partial charge in [0.25, 0.3) is 0 Å². The van der Waals surface area contributed by atoms with E-state index in [0.717, 1.165) is 5.56 Å². The summed E-state index contributed by atoms with van der Waals surface area (Å²) in [5, 5.41) is 9.60. The SMILES string of the molecule is O=C(O)c1ccc2oc(C(=O)c3ccc(COCCCl)cc3)cc2c1. The van der Waals surface area contributed by atoms with E-state index >= 15 is 0 Å². The van der Waals surface area contributed by atoms with Crippen LogP contribution in [0.5, 0.6) is 0 Å². The van der Waals surface area contributed by atoms with Crippen LogP contribution in [-0.2, 0) is 11.3 Å². The molecule has 3 rings (SSSR count). The molecule has 2 aromatic carbocycles. The quantitative estimate of drug-likeness (QED) is 0.390. The number of carbonyl (C=O) groups excluding carboxylic acids is 1. The highest BCUT2D eigenvalue weighted by atomic mass is 35.5. The lowest BCUT2D eigenvalue weighted by molar-refractivity contribution is 0.0697. The van der Waals surface area contributed by atoms with E-state index in [2.05, 4.69) is 0 Å². The van der Waals surface area contributed by atoms with Crippen LogP contribution in [0.2, 0.25) is 0 Å². The zero-order chi connectivity index (χ0) is 17.8. The number of hydrogen-bond acceptors (Lipinski definition) is 4. The number of carbonyl (C=O) groups is 2. The van der Waals surface area contributed by atoms with Crippen molar-refractivity contribution in [2.45, 2.75) is 6.61 Å². The van der Waals surface area contributed by atoms with E-state index in [1.807, 2.05) is 12.1 Å². The average molecular weight is 359 g/mol. The van der Waals surface area contributed by atoms with Crippen molar-refractivity contribution in [3.05, 3.63) is 71.0 Å². The standard InChI is InChI=1S/C19H15ClO5/c20-7-8-24-11-12-1-3-13(4-2-12)18(21)17-10-15-9-14(19(22)23)5-6-16(15)25-17/h1-6,9-10H,7-8,11H2,(H,22,23). The van der Waals surface area contributed by atoms with Crippen molar-refractivity contribution >= 4 is 34.3 Å². The summed E-state index contributed by atoms with van der Waals surface area (Å²) in [6.45, 7) is 0.906. The van der Waals surface area contributed by atoms with Crippen molar-refractivity contribution in [2.24, 2.45) is 0 Å². The molecule has 0 fully saturated rings. The molecular formula is C19H15ClO5. The third-order valence-corrected chi connectivity index (χ3v) is 3.85. The molecule has 1 N–H and O–H groups in total. The van der Waals surface area contributed by atoms with E-state index in [0.29, 0.717) is 35.6 Å². The van der Waals surface area contributed by atoms with E-state index in [1.54, 1.807) is 24.3 Å². The number of alkyl halides is 1. The third-order valence-electron chi connectivity index (χ3n) is 3.69. The smallest absolute Gasteiger partial charge is 0.335 e. The second-order valence-electron chi connectivity index (χ2n) is 5.44. The first-order valence-corrected chi connectivity index (χ1v) is 8.16. The molecule has 1 heterocycles. The van der Waals surface area contributed by atoms with Crippen LogP contribution < -0.4 is 0 Å². The normalized spacial score (nSPS) is 10.9. The molecule has 0 amide bonds. The van der Waals surface area contributed by atoms with Gasteiger partial charge < -0.3 is 14.3 Å². The molecule has 0 aliphatic heterocycles. The van der Waals surface area contributed by atoms with Gasteiger partial charge >= 0.3 is 5.97 Å². The van der Waals surface area contributed by atoms with E-state index < -0.39 is 5.97 Å². The minimum absolute atomic E-state index is 0.147. The van der Waals surface area contributed by atoms with E-state index in [4.69, 9.17) is 25.9 Å². The zero-order valence-corrected chi connectivity index (χ0v) is 14.0. The second-order valence-corrected chi connectivity index (χ2v) is 5.81. The van der Waals surface area contributed by atoms with Gasteiger partial charge in [-0.3, -0.25) is 4.79 Å². The van der Waals surface area contributed by atoms with Crippen LogP contribution in [0.3, 0.4) is 0 Å². The minimum Gasteiger partial charge on any atom is -0.478 e. The Labute approximate surface area is 148 Å². The summed E-state index contributed by atoms with van der Waals surface area (Å²) in [5.41, 5.74) is 2.05. The predicted octanol–water partition coefficient (Wildman–Crippen LogP) is 4.12. The van der Waals surface area contributed by atoms with Gasteiger partial charge in [-0.2, -0.15) is 0 Å². The Balaban J connectivity index is 1.80. The Hall–Kier alpha value is -2.63. The molecule has 1 aromatic heterocycles. The lowest BCUT2D eigenvalue weighted by Gasteiger charge is -2.03. The van der Waals surface area contributed by atoms with Crippen molar-refractivity contribution in [3.8, 4) is 0 Å². The van der Waals surface area contributed by atoms with Crippen molar-refractivity contribution in [1.82, 2.24) is 0 Å². The Kier molecular flexibility index (Phi) is 5.16. The third kappa shape index (κ3) is 3.90. The molecule has 128 valence electrons. The van der Waals surface area contributed by atoms with Gasteiger partial charge in [-0.25, -0.2) is 4.79 Å². The second kappa shape index (κ2) is 7.51. The number of ether oxygens (including phenoxy) is 1. The summed E-state index contributed by atoms with van der Waals surface area (Å²) >= 11 is 5.55. The summed E-state index contributed by atoms with van der Waals surface area (Å²) in [7, 11) is 0. The lowest BCUT2D eigenvalue weighted by Crippen LogP contribution is -2.01. The number of ketones is 1. The van der Waals surface area contributed by atoms with Gasteiger partial charge in [0.2, 0.25) is 5.78 Å². The van der Waals surface area contributed by atoms with Crippen molar-refractivity contribution in [1.29, 1.82) is 0 Å². The van der Waals surface area contributed by atoms with Gasteiger partial charge in [0.15, 0.2) is 5.76 Å². The molecule has 0 radical (unpaired) electrons. The molecule has 0 atom stereocenters. The van der Waals surface area contributed by atoms with Crippen LogP contribution in [-0.4, -0.2) is 29.3 Å². The van der Waals surface area contributed by atoms with Crippen LogP contribution in [0, 0.1) is 0 Å². The Morgan fingerprint density at radius 1 is 1.04 bits per heavy atom. The van der Waals surface area contributed by atoms with Crippen LogP contribution in [0.15, 0.2) is 52.9 Å². The molecule has 0 aliphatic rings. The first-order chi connectivity index (χ1) is 12.1. The number of carboxylic acid groups (broad SMARTS) is 1. The fourth-order valence-electron chi connectivity index (χ4n) is 2.43. The Morgan fingerprint density at radius 3 is 2.44 bits per heavy atom. The number of fused-ring (bicyclic) bond motifs is 1. The van der Waals surface area contributed by atoms with Crippen LogP contribution in [0.4, 0.5) is 0 Å². The van der Waals surface area contributed by atoms with Gasteiger partial charge in [-0.05, 0) is 29.8 Å². The molecule has 0 saturated carbocycles. The summed E-state index contributed by atoms with van der Waals surface area (Å²) in [4.78, 5) is 23.6. The molecular weight excluding hydrogens is 344 g/mol. The van der Waals surface area contributed by atoms with Gasteiger partial charge in [-0.1, -0.05) is 24.3 Å². The number of furan rings is 1. The Bertz CT molecular complexity index is 911. The molecule has 0 saturated heterocycles. The van der Waals surface area contributed by atoms with Gasteiger partial charge in [0.05, 0.1) is 18.8 Å². The first kappa shape index (κ1) is 17.2. The topological polar surface area (TPSA) is 76.7 Å². The highest BCUT2D eigenvalue weighted by Crippen LogP contribution is 2.23. The maximum atomic E-state index is 12.5. The molecule has 25 heavy (non-hydrogen) atoms. The first-order valence-electron chi connectivity index (χ1n) is 7.63. The Morgan fingerprint density at radius 2 is 1.76 bits per heavy atom. The minimum atomic E-state index is -1.03. The fraction of sp³-hybridized carbons (Fsp3) is 0.158. The highest BCUT2D eigenvalue weighted by Gasteiger charge is 2.15. The van der Waals surface area contributed by atoms with Gasteiger partial charge in [-0.15, -0.1) is 11.6 Å². The number of rotatable bonds is 7. The molecule has 0 bridgehead atoms. The molecule has 3 aromatic rings. The van der Waals surface area contributed by atoms with Crippen molar-refractivity contribution < 1.29 is 23.8 Å². The molecule has 0 aliphatic carbocycles. The van der Waals surface area contributed by atoms with E-state index in [9.17, 15) is 9.59 Å². The zero-order valence-electron chi connectivity index (χ0n) is 13.2. The lowest BCUT2D eigenvalue weighted by atomic mass is 10.1. The molecule has 6 heteroatoms. The number of carboxylic acids is 1.